The molecule has 0 unspecified atom stereocenters. The van der Waals surface area contributed by atoms with Crippen molar-refractivity contribution in [3.63, 3.8) is 0 Å². The molecule has 2 heterocycles. The molecular formula is C24H17ClFN3O8. The van der Waals surface area contributed by atoms with Crippen molar-refractivity contribution in [3.05, 3.63) is 97.8 Å². The molecule has 1 saturated heterocycles. The van der Waals surface area contributed by atoms with E-state index in [-0.39, 0.29) is 52.3 Å². The lowest BCUT2D eigenvalue weighted by Gasteiger charge is -2.12. The number of ether oxygens (including phenoxy) is 2. The number of nitrogens with zero attached hydrogens (tertiary/aromatic N) is 2. The molecule has 1 aliphatic rings. The number of furan rings is 1. The van der Waals surface area contributed by atoms with Crippen molar-refractivity contribution in [2.75, 3.05) is 7.11 Å². The summed E-state index contributed by atoms with van der Waals surface area (Å²) in [5.41, 5.74) is -0.592. The Morgan fingerprint density at radius 2 is 2.00 bits per heavy atom. The second-order valence-corrected chi connectivity index (χ2v) is 8.05. The Morgan fingerprint density at radius 3 is 2.70 bits per heavy atom. The molecule has 3 amide bonds. The Morgan fingerprint density at radius 1 is 1.24 bits per heavy atom. The van der Waals surface area contributed by atoms with Crippen molar-refractivity contribution in [2.45, 2.75) is 13.2 Å². The second kappa shape index (κ2) is 10.5. The average Bonchev–Trinajstić information content (AvgIpc) is 3.44. The maximum atomic E-state index is 14.0. The highest BCUT2D eigenvalue weighted by molar-refractivity contribution is 6.31. The average molecular weight is 530 g/mol. The predicted molar refractivity (Wildman–Crippen MR) is 126 cm³/mol. The van der Waals surface area contributed by atoms with Gasteiger partial charge in [-0.1, -0.05) is 29.8 Å². The van der Waals surface area contributed by atoms with E-state index in [0.717, 1.165) is 17.0 Å². The zero-order valence-electron chi connectivity index (χ0n) is 19.0. The molecule has 0 bridgehead atoms. The van der Waals surface area contributed by atoms with Gasteiger partial charge in [-0.05, 0) is 30.3 Å². The van der Waals surface area contributed by atoms with Gasteiger partial charge in [-0.3, -0.25) is 19.8 Å². The van der Waals surface area contributed by atoms with Gasteiger partial charge in [0, 0.05) is 22.2 Å². The number of nitro benzene ring substituents is 1. The lowest BCUT2D eigenvalue weighted by Crippen LogP contribution is -2.30. The van der Waals surface area contributed by atoms with Crippen molar-refractivity contribution < 1.29 is 37.6 Å². The van der Waals surface area contributed by atoms with Crippen LogP contribution in [-0.4, -0.2) is 34.8 Å². The summed E-state index contributed by atoms with van der Waals surface area (Å²) in [5, 5.41) is 14.0. The van der Waals surface area contributed by atoms with E-state index in [9.17, 15) is 28.9 Å². The van der Waals surface area contributed by atoms with Crippen molar-refractivity contribution in [1.82, 2.24) is 10.2 Å². The number of methoxy groups -OCH3 is 1. The van der Waals surface area contributed by atoms with E-state index in [1.807, 2.05) is 0 Å². The summed E-state index contributed by atoms with van der Waals surface area (Å²) in [5.74, 6) is -2.32. The number of benzene rings is 2. The monoisotopic (exact) mass is 529 g/mol. The fraction of sp³-hybridized carbons (Fsp3) is 0.125. The third-order valence-corrected chi connectivity index (χ3v) is 5.43. The highest BCUT2D eigenvalue weighted by Crippen LogP contribution is 2.37. The number of esters is 1. The SMILES string of the molecule is COC(=O)c1ccc(CN2C(=O)N/C(=C\c3cc(Cl)cc([N+](=O)[O-])c3OCc3ccccc3F)C2=O)o1. The van der Waals surface area contributed by atoms with E-state index in [4.69, 9.17) is 20.8 Å². The largest absolute Gasteiger partial charge is 0.481 e. The number of rotatable bonds is 8. The van der Waals surface area contributed by atoms with Gasteiger partial charge in [0.2, 0.25) is 11.5 Å². The van der Waals surface area contributed by atoms with Crippen molar-refractivity contribution in [1.29, 1.82) is 0 Å². The quantitative estimate of drug-likeness (QED) is 0.148. The highest BCUT2D eigenvalue weighted by Gasteiger charge is 2.35. The van der Waals surface area contributed by atoms with Crippen LogP contribution in [0.3, 0.4) is 0 Å². The van der Waals surface area contributed by atoms with Gasteiger partial charge in [-0.25, -0.2) is 14.0 Å². The van der Waals surface area contributed by atoms with Crippen LogP contribution in [0.5, 0.6) is 5.75 Å². The minimum absolute atomic E-state index is 0.00650. The van der Waals surface area contributed by atoms with Crippen LogP contribution < -0.4 is 10.1 Å². The lowest BCUT2D eigenvalue weighted by molar-refractivity contribution is -0.385. The van der Waals surface area contributed by atoms with Crippen LogP contribution in [0.2, 0.25) is 5.02 Å². The van der Waals surface area contributed by atoms with E-state index in [0.29, 0.717) is 0 Å². The molecule has 11 nitrogen and oxygen atoms in total. The van der Waals surface area contributed by atoms with E-state index >= 15 is 0 Å². The first-order chi connectivity index (χ1) is 17.7. The summed E-state index contributed by atoms with van der Waals surface area (Å²) in [4.78, 5) is 48.7. The maximum Gasteiger partial charge on any atom is 0.373 e. The van der Waals surface area contributed by atoms with Gasteiger partial charge in [0.05, 0.1) is 18.6 Å². The van der Waals surface area contributed by atoms with Gasteiger partial charge in [-0.15, -0.1) is 0 Å². The normalized spacial score (nSPS) is 14.1. The Balaban J connectivity index is 1.64. The van der Waals surface area contributed by atoms with Crippen LogP contribution in [0.4, 0.5) is 14.9 Å². The zero-order chi connectivity index (χ0) is 26.7. The minimum atomic E-state index is -0.794. The number of hydrogen-bond acceptors (Lipinski definition) is 8. The predicted octanol–water partition coefficient (Wildman–Crippen LogP) is 4.44. The Kier molecular flexibility index (Phi) is 7.20. The number of nitro groups is 1. The van der Waals surface area contributed by atoms with Gasteiger partial charge >= 0.3 is 17.7 Å². The van der Waals surface area contributed by atoms with E-state index in [2.05, 4.69) is 10.1 Å². The van der Waals surface area contributed by atoms with Crippen LogP contribution in [0.1, 0.15) is 27.4 Å². The summed E-state index contributed by atoms with van der Waals surface area (Å²) in [6, 6.07) is 10.0. The molecule has 1 N–H and O–H groups in total. The summed E-state index contributed by atoms with van der Waals surface area (Å²) >= 11 is 6.05. The van der Waals surface area contributed by atoms with Gasteiger partial charge in [-0.2, -0.15) is 0 Å². The van der Waals surface area contributed by atoms with Gasteiger partial charge in [0.15, 0.2) is 0 Å². The molecule has 3 aromatic rings. The molecule has 0 aliphatic carbocycles. The first kappa shape index (κ1) is 25.4. The molecule has 1 aromatic heterocycles. The first-order valence-corrected chi connectivity index (χ1v) is 10.9. The van der Waals surface area contributed by atoms with Crippen molar-refractivity contribution in [3.8, 4) is 5.75 Å². The van der Waals surface area contributed by atoms with Gasteiger partial charge in [0.25, 0.3) is 5.91 Å². The van der Waals surface area contributed by atoms with E-state index in [1.54, 1.807) is 6.07 Å². The molecule has 37 heavy (non-hydrogen) atoms. The van der Waals surface area contributed by atoms with Crippen molar-refractivity contribution >= 4 is 41.3 Å². The third kappa shape index (κ3) is 5.43. The molecule has 190 valence electrons. The number of amides is 3. The summed E-state index contributed by atoms with van der Waals surface area (Å²) in [6.07, 6.45) is 1.16. The Bertz CT molecular complexity index is 1450. The number of imide groups is 1. The third-order valence-electron chi connectivity index (χ3n) is 5.21. The van der Waals surface area contributed by atoms with Gasteiger partial charge < -0.3 is 19.2 Å². The highest BCUT2D eigenvalue weighted by atomic mass is 35.5. The van der Waals surface area contributed by atoms with Crippen LogP contribution >= 0.6 is 11.6 Å². The molecule has 0 saturated carbocycles. The molecule has 1 aliphatic heterocycles. The lowest BCUT2D eigenvalue weighted by atomic mass is 10.1. The number of hydrogen-bond donors (Lipinski definition) is 1. The fourth-order valence-electron chi connectivity index (χ4n) is 3.47. The van der Waals surface area contributed by atoms with Crippen LogP contribution in [-0.2, 0) is 22.7 Å². The number of nitrogens with one attached hydrogen (secondary N) is 1. The summed E-state index contributed by atoms with van der Waals surface area (Å²) in [7, 11) is 1.17. The molecule has 13 heteroatoms. The van der Waals surface area contributed by atoms with E-state index < -0.39 is 34.3 Å². The smallest absolute Gasteiger partial charge is 0.373 e. The van der Waals surface area contributed by atoms with Crippen LogP contribution in [0.25, 0.3) is 6.08 Å². The molecule has 0 atom stereocenters. The van der Waals surface area contributed by atoms with E-state index in [1.165, 1.54) is 43.5 Å². The second-order valence-electron chi connectivity index (χ2n) is 7.62. The Hall–Kier alpha value is -4.71. The van der Waals surface area contributed by atoms with Crippen molar-refractivity contribution in [2.24, 2.45) is 0 Å². The van der Waals surface area contributed by atoms with Crippen LogP contribution in [0.15, 0.2) is 58.6 Å². The molecule has 0 radical (unpaired) electrons. The molecular weight excluding hydrogens is 513 g/mol. The first-order valence-electron chi connectivity index (χ1n) is 10.5. The zero-order valence-corrected chi connectivity index (χ0v) is 19.8. The minimum Gasteiger partial charge on any atom is -0.481 e. The number of halogens is 2. The molecule has 2 aromatic carbocycles. The summed E-state index contributed by atoms with van der Waals surface area (Å²) in [6.45, 7) is -0.649. The number of urea groups is 1. The Labute approximate surface area is 213 Å². The molecule has 0 spiro atoms. The fourth-order valence-corrected chi connectivity index (χ4v) is 3.69. The van der Waals surface area contributed by atoms with Gasteiger partial charge in [0.1, 0.15) is 23.9 Å². The topological polar surface area (TPSA) is 141 Å². The molecule has 1 fully saturated rings. The van der Waals surface area contributed by atoms with Crippen LogP contribution in [0, 0.1) is 15.9 Å². The summed E-state index contributed by atoms with van der Waals surface area (Å²) < 4.78 is 29.5. The molecule has 4 rings (SSSR count). The number of carbonyl (C=O) groups is 3. The maximum absolute atomic E-state index is 14.0. The standard InChI is InChI=1S/C24H17ClFN3O8/c1-35-23(31)20-7-6-16(37-20)11-28-22(30)18(27-24(28)32)9-14-8-15(25)10-19(29(33)34)21(14)36-12-13-4-2-3-5-17(13)26/h2-10H,11-12H2,1H3,(H,27,32)/b18-9-. The number of carbonyl (C=O) groups excluding carboxylic acids is 3.